The number of nitrogens with zero attached hydrogens (tertiary/aromatic N) is 1. The van der Waals surface area contributed by atoms with Crippen LogP contribution < -0.4 is 5.56 Å². The fourth-order valence-electron chi connectivity index (χ4n) is 3.55. The summed E-state index contributed by atoms with van der Waals surface area (Å²) in [7, 11) is 0. The summed E-state index contributed by atoms with van der Waals surface area (Å²) in [4.78, 5) is 17.6. The fourth-order valence-corrected chi connectivity index (χ4v) is 3.55. The average Bonchev–Trinajstić information content (AvgIpc) is 2.86. The van der Waals surface area contributed by atoms with Crippen molar-refractivity contribution in [2.45, 2.75) is 32.7 Å². The minimum absolute atomic E-state index is 0.00954. The number of likely N-dealkylation sites (tertiary alicyclic amines) is 1. The lowest BCUT2D eigenvalue weighted by molar-refractivity contribution is 0.140. The van der Waals surface area contributed by atoms with Crippen LogP contribution >= 0.6 is 0 Å². The van der Waals surface area contributed by atoms with Crippen molar-refractivity contribution in [1.29, 1.82) is 0 Å². The lowest BCUT2D eigenvalue weighted by atomic mass is 10.0. The normalized spacial score (nSPS) is 22.5. The molecule has 0 spiro atoms. The molecular formula is C18H24N2O2. The van der Waals surface area contributed by atoms with Gasteiger partial charge in [0.25, 0.3) is 5.56 Å². The topological polar surface area (TPSA) is 56.3 Å². The molecule has 1 aliphatic rings. The third kappa shape index (κ3) is 2.81. The van der Waals surface area contributed by atoms with Gasteiger partial charge in [-0.3, -0.25) is 9.69 Å². The Labute approximate surface area is 130 Å². The molecule has 1 fully saturated rings. The van der Waals surface area contributed by atoms with Gasteiger partial charge in [0.15, 0.2) is 0 Å². The number of aliphatic hydroxyl groups is 1. The molecule has 118 valence electrons. The van der Waals surface area contributed by atoms with Crippen LogP contribution in [0.25, 0.3) is 10.8 Å². The summed E-state index contributed by atoms with van der Waals surface area (Å²) in [6, 6.07) is 8.18. The Morgan fingerprint density at radius 1 is 1.36 bits per heavy atom. The van der Waals surface area contributed by atoms with E-state index in [2.05, 4.69) is 22.9 Å². The molecule has 2 heterocycles. The summed E-state index contributed by atoms with van der Waals surface area (Å²) in [6.07, 6.45) is 1.95. The van der Waals surface area contributed by atoms with Crippen molar-refractivity contribution in [3.05, 3.63) is 45.9 Å². The number of nitrogens with one attached hydrogen (secondary N) is 1. The van der Waals surface area contributed by atoms with Gasteiger partial charge in [0.1, 0.15) is 0 Å². The van der Waals surface area contributed by atoms with Crippen LogP contribution in [0, 0.1) is 12.8 Å². The number of hydrogen-bond acceptors (Lipinski definition) is 3. The van der Waals surface area contributed by atoms with Crippen molar-refractivity contribution in [2.75, 3.05) is 19.7 Å². The number of pyridine rings is 1. The van der Waals surface area contributed by atoms with Crippen LogP contribution in [0.1, 0.15) is 24.6 Å². The van der Waals surface area contributed by atoms with Crippen molar-refractivity contribution in [3.8, 4) is 0 Å². The van der Waals surface area contributed by atoms with Gasteiger partial charge < -0.3 is 10.1 Å². The Bertz CT molecular complexity index is 723. The number of aliphatic hydroxyl groups excluding tert-OH is 1. The third-order valence-corrected chi connectivity index (χ3v) is 5.01. The van der Waals surface area contributed by atoms with Gasteiger partial charge in [-0.05, 0) is 48.9 Å². The van der Waals surface area contributed by atoms with Crippen LogP contribution in [-0.4, -0.2) is 40.7 Å². The van der Waals surface area contributed by atoms with Crippen LogP contribution in [0.15, 0.2) is 29.1 Å². The van der Waals surface area contributed by atoms with E-state index in [1.165, 1.54) is 0 Å². The quantitative estimate of drug-likeness (QED) is 0.909. The Morgan fingerprint density at radius 3 is 2.95 bits per heavy atom. The van der Waals surface area contributed by atoms with Crippen molar-refractivity contribution >= 4 is 10.8 Å². The van der Waals surface area contributed by atoms with Gasteiger partial charge in [-0.15, -0.1) is 0 Å². The second-order valence-electron chi connectivity index (χ2n) is 6.46. The number of hydrogen-bond donors (Lipinski definition) is 2. The van der Waals surface area contributed by atoms with Gasteiger partial charge in [-0.2, -0.15) is 0 Å². The van der Waals surface area contributed by atoms with Gasteiger partial charge >= 0.3 is 0 Å². The van der Waals surface area contributed by atoms with Gasteiger partial charge in [0.05, 0.1) is 6.61 Å². The largest absolute Gasteiger partial charge is 0.395 e. The molecule has 1 aromatic heterocycles. The van der Waals surface area contributed by atoms with E-state index in [1.54, 1.807) is 0 Å². The van der Waals surface area contributed by atoms with E-state index in [0.29, 0.717) is 5.92 Å². The van der Waals surface area contributed by atoms with Gasteiger partial charge in [0.2, 0.25) is 0 Å². The number of H-pyrrole nitrogens is 1. The molecule has 0 amide bonds. The number of rotatable bonds is 4. The zero-order valence-electron chi connectivity index (χ0n) is 13.3. The first kappa shape index (κ1) is 15.3. The molecule has 0 aliphatic carbocycles. The van der Waals surface area contributed by atoms with Crippen LogP contribution in [0.2, 0.25) is 0 Å². The zero-order valence-corrected chi connectivity index (χ0v) is 13.3. The summed E-state index contributed by atoms with van der Waals surface area (Å²) < 4.78 is 0. The summed E-state index contributed by atoms with van der Waals surface area (Å²) in [5.41, 5.74) is 2.10. The standard InChI is InChI=1S/C18H24N2O2/c1-12-4-3-5-15-16(12)10-14(19-18(15)22)7-9-20-8-6-13(2)17(20)11-21/h3-5,10,13,17,21H,6-9,11H2,1-2H3,(H,19,22)/t13-,17-/m0/s1. The lowest BCUT2D eigenvalue weighted by Gasteiger charge is -2.24. The predicted molar refractivity (Wildman–Crippen MR) is 89.2 cm³/mol. The highest BCUT2D eigenvalue weighted by molar-refractivity contribution is 5.84. The minimum atomic E-state index is -0.00954. The zero-order chi connectivity index (χ0) is 15.7. The summed E-state index contributed by atoms with van der Waals surface area (Å²) in [5, 5.41) is 11.3. The van der Waals surface area contributed by atoms with E-state index >= 15 is 0 Å². The van der Waals surface area contributed by atoms with Crippen LogP contribution in [0.5, 0.6) is 0 Å². The molecular weight excluding hydrogens is 276 g/mol. The Hall–Kier alpha value is -1.65. The van der Waals surface area contributed by atoms with Crippen molar-refractivity contribution < 1.29 is 5.11 Å². The van der Waals surface area contributed by atoms with E-state index in [1.807, 2.05) is 25.1 Å². The first-order valence-electron chi connectivity index (χ1n) is 8.06. The van der Waals surface area contributed by atoms with E-state index in [0.717, 1.165) is 48.0 Å². The Balaban J connectivity index is 1.80. The fraction of sp³-hybridized carbons (Fsp3) is 0.500. The van der Waals surface area contributed by atoms with Crippen molar-refractivity contribution in [3.63, 3.8) is 0 Å². The molecule has 2 aromatic rings. The molecule has 1 aromatic carbocycles. The molecule has 3 rings (SSSR count). The van der Waals surface area contributed by atoms with Gasteiger partial charge in [-0.25, -0.2) is 0 Å². The van der Waals surface area contributed by atoms with E-state index in [-0.39, 0.29) is 18.2 Å². The first-order chi connectivity index (χ1) is 10.6. The van der Waals surface area contributed by atoms with E-state index in [4.69, 9.17) is 0 Å². The monoisotopic (exact) mass is 300 g/mol. The van der Waals surface area contributed by atoms with Crippen LogP contribution in [-0.2, 0) is 6.42 Å². The molecule has 4 heteroatoms. The second-order valence-corrected chi connectivity index (χ2v) is 6.46. The predicted octanol–water partition coefficient (Wildman–Crippen LogP) is 2.08. The molecule has 22 heavy (non-hydrogen) atoms. The molecule has 0 saturated carbocycles. The number of aromatic nitrogens is 1. The van der Waals surface area contributed by atoms with Crippen molar-refractivity contribution in [2.24, 2.45) is 5.92 Å². The number of benzene rings is 1. The molecule has 1 saturated heterocycles. The van der Waals surface area contributed by atoms with Crippen molar-refractivity contribution in [1.82, 2.24) is 9.88 Å². The lowest BCUT2D eigenvalue weighted by Crippen LogP contribution is -2.36. The van der Waals surface area contributed by atoms with Gasteiger partial charge in [0, 0.05) is 30.1 Å². The molecule has 1 aliphatic heterocycles. The molecule has 4 nitrogen and oxygen atoms in total. The average molecular weight is 300 g/mol. The Kier molecular flexibility index (Phi) is 4.32. The number of aromatic amines is 1. The maximum Gasteiger partial charge on any atom is 0.256 e. The van der Waals surface area contributed by atoms with E-state index < -0.39 is 0 Å². The Morgan fingerprint density at radius 2 is 2.18 bits per heavy atom. The molecule has 2 N–H and O–H groups in total. The first-order valence-corrected chi connectivity index (χ1v) is 8.06. The number of fused-ring (bicyclic) bond motifs is 1. The van der Waals surface area contributed by atoms with Gasteiger partial charge in [-0.1, -0.05) is 19.1 Å². The maximum absolute atomic E-state index is 12.2. The minimum Gasteiger partial charge on any atom is -0.395 e. The third-order valence-electron chi connectivity index (χ3n) is 5.01. The summed E-state index contributed by atoms with van der Waals surface area (Å²) in [5.74, 6) is 0.544. The summed E-state index contributed by atoms with van der Waals surface area (Å²) in [6.45, 7) is 6.36. The van der Waals surface area contributed by atoms with Crippen LogP contribution in [0.4, 0.5) is 0 Å². The molecule has 0 bridgehead atoms. The highest BCUT2D eigenvalue weighted by atomic mass is 16.3. The molecule has 0 radical (unpaired) electrons. The SMILES string of the molecule is Cc1cccc2c(=O)[nH]c(CCN3CC[C@H](C)[C@@H]3CO)cc12. The molecule has 2 atom stereocenters. The second kappa shape index (κ2) is 6.23. The maximum atomic E-state index is 12.2. The number of aryl methyl sites for hydroxylation is 1. The highest BCUT2D eigenvalue weighted by Gasteiger charge is 2.29. The summed E-state index contributed by atoms with van der Waals surface area (Å²) >= 11 is 0. The highest BCUT2D eigenvalue weighted by Crippen LogP contribution is 2.23. The van der Waals surface area contributed by atoms with Crippen LogP contribution in [0.3, 0.4) is 0 Å². The van der Waals surface area contributed by atoms with E-state index in [9.17, 15) is 9.90 Å². The smallest absolute Gasteiger partial charge is 0.256 e. The molecule has 0 unspecified atom stereocenters.